The number of nitrogens with zero attached hydrogens (tertiary/aromatic N) is 1. The number of aromatic nitrogens is 2. The predicted octanol–water partition coefficient (Wildman–Crippen LogP) is 1.18. The van der Waals surface area contributed by atoms with Crippen LogP contribution in [0.25, 0.3) is 0 Å². The molecule has 0 saturated carbocycles. The summed E-state index contributed by atoms with van der Waals surface area (Å²) in [6.07, 6.45) is 3.53. The number of hydrogen-bond donors (Lipinski definition) is 3. The Labute approximate surface area is 104 Å². The first-order chi connectivity index (χ1) is 8.65. The smallest absolute Gasteiger partial charge is 0.265 e. The van der Waals surface area contributed by atoms with Gasteiger partial charge in [-0.1, -0.05) is 0 Å². The van der Waals surface area contributed by atoms with Crippen molar-refractivity contribution < 1.29 is 8.42 Å². The van der Waals surface area contributed by atoms with Crippen LogP contribution in [0.2, 0.25) is 0 Å². The van der Waals surface area contributed by atoms with Gasteiger partial charge in [-0.05, 0) is 30.2 Å². The summed E-state index contributed by atoms with van der Waals surface area (Å²) in [6, 6.07) is 5.48. The molecule has 0 aliphatic carbocycles. The minimum Gasteiger partial charge on any atom is -0.384 e. The van der Waals surface area contributed by atoms with Crippen LogP contribution < -0.4 is 10.0 Å². The second-order valence-electron chi connectivity index (χ2n) is 4.09. The van der Waals surface area contributed by atoms with Gasteiger partial charge in [0, 0.05) is 24.1 Å². The topological polar surface area (TPSA) is 86.9 Å². The van der Waals surface area contributed by atoms with Crippen LogP contribution in [0, 0.1) is 0 Å². The molecule has 0 unspecified atom stereocenters. The lowest BCUT2D eigenvalue weighted by Crippen LogP contribution is -2.12. The molecule has 2 heterocycles. The molecule has 18 heavy (non-hydrogen) atoms. The van der Waals surface area contributed by atoms with Gasteiger partial charge in [0.05, 0.1) is 6.20 Å². The van der Waals surface area contributed by atoms with E-state index in [2.05, 4.69) is 20.2 Å². The summed E-state index contributed by atoms with van der Waals surface area (Å²) in [4.78, 5) is 0.126. The number of fused-ring (bicyclic) bond motifs is 1. The molecule has 1 aliphatic rings. The van der Waals surface area contributed by atoms with Crippen molar-refractivity contribution in [3.05, 3.63) is 36.2 Å². The van der Waals surface area contributed by atoms with Gasteiger partial charge in [-0.15, -0.1) is 0 Å². The van der Waals surface area contributed by atoms with Crippen molar-refractivity contribution in [1.29, 1.82) is 0 Å². The normalized spacial score (nSPS) is 14.0. The Balaban J connectivity index is 1.89. The van der Waals surface area contributed by atoms with Gasteiger partial charge in [-0.25, -0.2) is 8.42 Å². The molecule has 7 heteroatoms. The molecule has 3 N–H and O–H groups in total. The van der Waals surface area contributed by atoms with Crippen LogP contribution in [0.3, 0.4) is 0 Å². The highest BCUT2D eigenvalue weighted by atomic mass is 32.2. The fraction of sp³-hybridized carbons (Fsp3) is 0.182. The van der Waals surface area contributed by atoms with E-state index in [1.807, 2.05) is 12.1 Å². The molecule has 2 aromatic rings. The third kappa shape index (κ3) is 1.92. The van der Waals surface area contributed by atoms with Gasteiger partial charge in [0.2, 0.25) is 0 Å². The molecule has 0 radical (unpaired) electrons. The minimum absolute atomic E-state index is 0.126. The van der Waals surface area contributed by atoms with Gasteiger partial charge in [-0.2, -0.15) is 5.10 Å². The van der Waals surface area contributed by atoms with E-state index in [1.54, 1.807) is 6.07 Å². The van der Waals surface area contributed by atoms with Gasteiger partial charge in [0.1, 0.15) is 4.90 Å². The van der Waals surface area contributed by atoms with Crippen molar-refractivity contribution in [2.45, 2.75) is 11.3 Å². The molecule has 0 spiro atoms. The van der Waals surface area contributed by atoms with E-state index in [0.717, 1.165) is 24.2 Å². The Morgan fingerprint density at radius 1 is 1.33 bits per heavy atom. The molecule has 94 valence electrons. The summed E-state index contributed by atoms with van der Waals surface area (Å²) in [7, 11) is -3.55. The zero-order chi connectivity index (χ0) is 12.6. The lowest BCUT2D eigenvalue weighted by molar-refractivity contribution is 0.601. The number of benzene rings is 1. The lowest BCUT2D eigenvalue weighted by atomic mass is 10.1. The van der Waals surface area contributed by atoms with Gasteiger partial charge in [0.15, 0.2) is 0 Å². The quantitative estimate of drug-likeness (QED) is 0.777. The number of sulfonamides is 1. The number of rotatable bonds is 3. The molecule has 6 nitrogen and oxygen atoms in total. The first kappa shape index (κ1) is 11.1. The SMILES string of the molecule is O=S(=O)(Nc1ccc2c(c1)CCN2)c1cn[nH]c1. The molecule has 0 bridgehead atoms. The Morgan fingerprint density at radius 2 is 2.22 bits per heavy atom. The van der Waals surface area contributed by atoms with Crippen molar-refractivity contribution in [2.24, 2.45) is 0 Å². The summed E-state index contributed by atoms with van der Waals surface area (Å²) in [5, 5.41) is 9.34. The summed E-state index contributed by atoms with van der Waals surface area (Å²) in [5.41, 5.74) is 2.77. The molecule has 1 aromatic carbocycles. The third-order valence-corrected chi connectivity index (χ3v) is 4.20. The molecule has 3 rings (SSSR count). The summed E-state index contributed by atoms with van der Waals surface area (Å²) < 4.78 is 26.5. The molecular weight excluding hydrogens is 252 g/mol. The maximum absolute atomic E-state index is 12.0. The average molecular weight is 264 g/mol. The zero-order valence-electron chi connectivity index (χ0n) is 9.47. The van der Waals surface area contributed by atoms with Gasteiger partial charge in [0.25, 0.3) is 10.0 Å². The van der Waals surface area contributed by atoms with Crippen molar-refractivity contribution >= 4 is 21.4 Å². The first-order valence-electron chi connectivity index (χ1n) is 5.53. The Hall–Kier alpha value is -2.02. The number of hydrogen-bond acceptors (Lipinski definition) is 4. The van der Waals surface area contributed by atoms with E-state index in [9.17, 15) is 8.42 Å². The third-order valence-electron chi connectivity index (χ3n) is 2.85. The Bertz CT molecular complexity index is 664. The van der Waals surface area contributed by atoms with E-state index >= 15 is 0 Å². The van der Waals surface area contributed by atoms with Crippen LogP contribution in [0.4, 0.5) is 11.4 Å². The molecule has 0 amide bonds. The monoisotopic (exact) mass is 264 g/mol. The fourth-order valence-corrected chi connectivity index (χ4v) is 2.92. The van der Waals surface area contributed by atoms with Crippen molar-refractivity contribution in [1.82, 2.24) is 10.2 Å². The van der Waals surface area contributed by atoms with Gasteiger partial charge >= 0.3 is 0 Å². The maximum atomic E-state index is 12.0. The molecule has 0 atom stereocenters. The fourth-order valence-electron chi connectivity index (χ4n) is 1.97. The lowest BCUT2D eigenvalue weighted by Gasteiger charge is -2.07. The standard InChI is InChI=1S/C11H12N4O2S/c16-18(17,10-6-13-14-7-10)15-9-1-2-11-8(5-9)3-4-12-11/h1-2,5-7,12,15H,3-4H2,(H,13,14). The van der Waals surface area contributed by atoms with Crippen molar-refractivity contribution in [3.63, 3.8) is 0 Å². The van der Waals surface area contributed by atoms with Crippen LogP contribution in [0.1, 0.15) is 5.56 Å². The van der Waals surface area contributed by atoms with E-state index in [1.165, 1.54) is 12.4 Å². The van der Waals surface area contributed by atoms with Crippen LogP contribution in [0.15, 0.2) is 35.5 Å². The average Bonchev–Trinajstić information content (AvgIpc) is 2.99. The highest BCUT2D eigenvalue weighted by Crippen LogP contribution is 2.26. The number of nitrogens with one attached hydrogen (secondary N) is 3. The zero-order valence-corrected chi connectivity index (χ0v) is 10.3. The highest BCUT2D eigenvalue weighted by Gasteiger charge is 2.17. The Morgan fingerprint density at radius 3 is 3.00 bits per heavy atom. The van der Waals surface area contributed by atoms with Crippen LogP contribution in [0.5, 0.6) is 0 Å². The predicted molar refractivity (Wildman–Crippen MR) is 68.0 cm³/mol. The van der Waals surface area contributed by atoms with Crippen LogP contribution in [-0.2, 0) is 16.4 Å². The Kier molecular flexibility index (Phi) is 2.48. The summed E-state index contributed by atoms with van der Waals surface area (Å²) in [5.74, 6) is 0. The first-order valence-corrected chi connectivity index (χ1v) is 7.02. The molecule has 1 aliphatic heterocycles. The molecule has 0 fully saturated rings. The van der Waals surface area contributed by atoms with Crippen LogP contribution in [-0.4, -0.2) is 25.2 Å². The van der Waals surface area contributed by atoms with Gasteiger partial charge < -0.3 is 5.32 Å². The van der Waals surface area contributed by atoms with E-state index < -0.39 is 10.0 Å². The largest absolute Gasteiger partial charge is 0.384 e. The summed E-state index contributed by atoms with van der Waals surface area (Å²) >= 11 is 0. The molecular formula is C11H12N4O2S. The molecule has 0 saturated heterocycles. The number of aromatic amines is 1. The van der Waals surface area contributed by atoms with Crippen molar-refractivity contribution in [2.75, 3.05) is 16.6 Å². The highest BCUT2D eigenvalue weighted by molar-refractivity contribution is 7.92. The number of H-pyrrole nitrogens is 1. The molecule has 1 aromatic heterocycles. The van der Waals surface area contributed by atoms with E-state index in [-0.39, 0.29) is 4.90 Å². The number of anilines is 2. The summed E-state index contributed by atoms with van der Waals surface area (Å²) in [6.45, 7) is 0.896. The van der Waals surface area contributed by atoms with Crippen LogP contribution >= 0.6 is 0 Å². The second-order valence-corrected chi connectivity index (χ2v) is 5.77. The van der Waals surface area contributed by atoms with E-state index in [4.69, 9.17) is 0 Å². The maximum Gasteiger partial charge on any atom is 0.265 e. The minimum atomic E-state index is -3.55. The van der Waals surface area contributed by atoms with Gasteiger partial charge in [-0.3, -0.25) is 9.82 Å². The van der Waals surface area contributed by atoms with Crippen molar-refractivity contribution in [3.8, 4) is 0 Å². The second kappa shape index (κ2) is 4.02. The van der Waals surface area contributed by atoms with E-state index in [0.29, 0.717) is 5.69 Å².